The van der Waals surface area contributed by atoms with Crippen LogP contribution in [0.2, 0.25) is 5.02 Å². The van der Waals surface area contributed by atoms with Crippen molar-refractivity contribution in [2.24, 2.45) is 5.92 Å². The van der Waals surface area contributed by atoms with E-state index in [0.717, 1.165) is 29.8 Å². The molecule has 1 aliphatic heterocycles. The van der Waals surface area contributed by atoms with Crippen molar-refractivity contribution in [2.45, 2.75) is 91.3 Å². The van der Waals surface area contributed by atoms with Gasteiger partial charge in [0, 0.05) is 34.8 Å². The molecule has 0 bridgehead atoms. The quantitative estimate of drug-likeness (QED) is 0.205. The van der Waals surface area contributed by atoms with E-state index in [-0.39, 0.29) is 23.9 Å². The summed E-state index contributed by atoms with van der Waals surface area (Å²) >= 11 is 6.42. The molecule has 1 heterocycles. The number of hydrogen-bond donors (Lipinski definition) is 2. The molecular weight excluding hydrogens is 560 g/mol. The molecule has 0 fully saturated rings. The van der Waals surface area contributed by atoms with Crippen LogP contribution in [-0.4, -0.2) is 35.7 Å². The van der Waals surface area contributed by atoms with Gasteiger partial charge in [-0.2, -0.15) is 0 Å². The highest BCUT2D eigenvalue weighted by Gasteiger charge is 2.36. The first-order chi connectivity index (χ1) is 20.5. The Bertz CT molecular complexity index is 1420. The summed E-state index contributed by atoms with van der Waals surface area (Å²) in [4.78, 5) is 27.2. The molecule has 4 atom stereocenters. The Morgan fingerprint density at radius 3 is 2.37 bits per heavy atom. The Kier molecular flexibility index (Phi) is 10.8. The van der Waals surface area contributed by atoms with Gasteiger partial charge in [0.05, 0.1) is 6.04 Å². The first kappa shape index (κ1) is 32.4. The lowest BCUT2D eigenvalue weighted by molar-refractivity contribution is -0.144. The number of hydrogen-bond acceptors (Lipinski definition) is 4. The molecule has 6 nitrogen and oxygen atoms in total. The summed E-state index contributed by atoms with van der Waals surface area (Å²) < 4.78 is 5.62. The highest BCUT2D eigenvalue weighted by molar-refractivity contribution is 6.30. The van der Waals surface area contributed by atoms with Crippen LogP contribution >= 0.6 is 11.6 Å². The molecule has 0 spiro atoms. The monoisotopic (exact) mass is 604 g/mol. The van der Waals surface area contributed by atoms with Crippen LogP contribution in [0.15, 0.2) is 60.7 Å². The number of carbonyl (C=O) groups is 2. The number of carbonyl (C=O) groups excluding carboxylic acids is 1. The van der Waals surface area contributed by atoms with Crippen molar-refractivity contribution in [2.75, 3.05) is 11.4 Å². The average Bonchev–Trinajstić information content (AvgIpc) is 3.20. The number of aryl methyl sites for hydroxylation is 1. The molecule has 3 aromatic carbocycles. The van der Waals surface area contributed by atoms with Crippen LogP contribution in [0.25, 0.3) is 0 Å². The number of unbranched alkanes of at least 4 members (excludes halogenated alkanes) is 1. The molecule has 0 saturated carbocycles. The lowest BCUT2D eigenvalue weighted by Gasteiger charge is -2.29. The second-order valence-corrected chi connectivity index (χ2v) is 12.7. The molecule has 4 rings (SSSR count). The predicted octanol–water partition coefficient (Wildman–Crippen LogP) is 8.22. The van der Waals surface area contributed by atoms with E-state index in [1.54, 1.807) is 6.07 Å². The van der Waals surface area contributed by atoms with Crippen LogP contribution in [0.4, 0.5) is 5.69 Å². The van der Waals surface area contributed by atoms with Gasteiger partial charge in [-0.05, 0) is 98.5 Å². The van der Waals surface area contributed by atoms with Crippen molar-refractivity contribution < 1.29 is 19.4 Å². The first-order valence-corrected chi connectivity index (χ1v) is 15.8. The summed E-state index contributed by atoms with van der Waals surface area (Å²) in [7, 11) is 0. The SMILES string of the molecule is CCCCc1ccc([C@H](C)NC(=O)c2ccc3c(c2)N(CC(C)C)C(C)C3Cc2cc(Cl)cc(O[C@H](C)C(=O)O)c2)cc1. The van der Waals surface area contributed by atoms with Gasteiger partial charge in [-0.1, -0.05) is 69.1 Å². The Balaban J connectivity index is 1.55. The fourth-order valence-electron chi connectivity index (χ4n) is 5.91. The van der Waals surface area contributed by atoms with Crippen molar-refractivity contribution in [1.29, 1.82) is 0 Å². The topological polar surface area (TPSA) is 78.9 Å². The van der Waals surface area contributed by atoms with Crippen molar-refractivity contribution in [1.82, 2.24) is 5.32 Å². The lowest BCUT2D eigenvalue weighted by atomic mass is 9.88. The number of carboxylic acids is 1. The number of carboxylic acid groups (broad SMARTS) is 1. The van der Waals surface area contributed by atoms with E-state index in [1.807, 2.05) is 31.2 Å². The Labute approximate surface area is 261 Å². The average molecular weight is 605 g/mol. The maximum atomic E-state index is 13.4. The third-order valence-corrected chi connectivity index (χ3v) is 8.55. The minimum atomic E-state index is -1.03. The molecule has 230 valence electrons. The molecule has 0 saturated heterocycles. The zero-order valence-corrected chi connectivity index (χ0v) is 26.9. The molecule has 3 aromatic rings. The number of amides is 1. The van der Waals surface area contributed by atoms with Crippen molar-refractivity contribution in [3.63, 3.8) is 0 Å². The van der Waals surface area contributed by atoms with Crippen LogP contribution in [-0.2, 0) is 17.6 Å². The zero-order chi connectivity index (χ0) is 31.3. The summed E-state index contributed by atoms with van der Waals surface area (Å²) in [5.74, 6) is -0.0670. The first-order valence-electron chi connectivity index (χ1n) is 15.5. The number of anilines is 1. The molecule has 0 aliphatic carbocycles. The van der Waals surface area contributed by atoms with Crippen molar-refractivity contribution >= 4 is 29.2 Å². The summed E-state index contributed by atoms with van der Waals surface area (Å²) in [5.41, 5.74) is 6.32. The summed E-state index contributed by atoms with van der Waals surface area (Å²) in [6.07, 6.45) is 3.16. The summed E-state index contributed by atoms with van der Waals surface area (Å²) in [5, 5.41) is 13.0. The standard InChI is InChI=1S/C36H45ClN2O4/c1-7-8-9-26-10-12-28(13-11-26)23(4)38-35(40)29-14-15-32-33(24(5)39(21-22(2)3)34(32)19-29)18-27-16-30(37)20-31(17-27)43-25(6)36(41)42/h10-17,19-20,22-25,33H,7-9,18,21H2,1-6H3,(H,38,40)(H,41,42)/t23-,24?,25+,33?/m0/s1. The number of benzene rings is 3. The number of halogens is 1. The van der Waals surface area contributed by atoms with Crippen LogP contribution < -0.4 is 15.0 Å². The summed E-state index contributed by atoms with van der Waals surface area (Å²) in [6.45, 7) is 13.2. The normalized spacial score (nSPS) is 17.4. The summed E-state index contributed by atoms with van der Waals surface area (Å²) in [6, 6.07) is 20.1. The Morgan fingerprint density at radius 2 is 1.72 bits per heavy atom. The molecule has 0 aromatic heterocycles. The fourth-order valence-corrected chi connectivity index (χ4v) is 6.16. The molecule has 7 heteroatoms. The number of ether oxygens (including phenoxy) is 1. The largest absolute Gasteiger partial charge is 0.479 e. The van der Waals surface area contributed by atoms with E-state index < -0.39 is 12.1 Å². The van der Waals surface area contributed by atoms with E-state index in [2.05, 4.69) is 68.2 Å². The number of fused-ring (bicyclic) bond motifs is 1. The Morgan fingerprint density at radius 1 is 1.00 bits per heavy atom. The molecule has 2 unspecified atom stereocenters. The molecule has 1 aliphatic rings. The third-order valence-electron chi connectivity index (χ3n) is 8.33. The van der Waals surface area contributed by atoms with Crippen LogP contribution in [0.5, 0.6) is 5.75 Å². The van der Waals surface area contributed by atoms with Crippen LogP contribution in [0.1, 0.15) is 99.0 Å². The van der Waals surface area contributed by atoms with Crippen LogP contribution in [0, 0.1) is 5.92 Å². The number of aliphatic carboxylic acids is 1. The molecular formula is C36H45ClN2O4. The lowest BCUT2D eigenvalue weighted by Crippen LogP contribution is -2.35. The van der Waals surface area contributed by atoms with E-state index in [4.69, 9.17) is 16.3 Å². The van der Waals surface area contributed by atoms with Gasteiger partial charge >= 0.3 is 5.97 Å². The number of rotatable bonds is 13. The molecule has 0 radical (unpaired) electrons. The smallest absolute Gasteiger partial charge is 0.344 e. The number of nitrogens with one attached hydrogen (secondary N) is 1. The van der Waals surface area contributed by atoms with Crippen molar-refractivity contribution in [3.05, 3.63) is 93.5 Å². The van der Waals surface area contributed by atoms with Gasteiger partial charge < -0.3 is 20.1 Å². The maximum Gasteiger partial charge on any atom is 0.344 e. The zero-order valence-electron chi connectivity index (χ0n) is 26.2. The van der Waals surface area contributed by atoms with E-state index in [1.165, 1.54) is 30.9 Å². The van der Waals surface area contributed by atoms with Crippen LogP contribution in [0.3, 0.4) is 0 Å². The highest BCUT2D eigenvalue weighted by Crippen LogP contribution is 2.44. The Hall–Kier alpha value is -3.51. The maximum absolute atomic E-state index is 13.4. The van der Waals surface area contributed by atoms with Gasteiger partial charge in [0.2, 0.25) is 0 Å². The third kappa shape index (κ3) is 8.11. The van der Waals surface area contributed by atoms with Gasteiger partial charge in [0.25, 0.3) is 5.91 Å². The highest BCUT2D eigenvalue weighted by atomic mass is 35.5. The molecule has 1 amide bonds. The van der Waals surface area contributed by atoms with Crippen molar-refractivity contribution in [3.8, 4) is 5.75 Å². The fraction of sp³-hybridized carbons (Fsp3) is 0.444. The van der Waals surface area contributed by atoms with E-state index >= 15 is 0 Å². The minimum absolute atomic E-state index is 0.0878. The van der Waals surface area contributed by atoms with Gasteiger partial charge in [0.15, 0.2) is 6.10 Å². The second kappa shape index (κ2) is 14.3. The van der Waals surface area contributed by atoms with E-state index in [0.29, 0.717) is 28.7 Å². The molecule has 2 N–H and O–H groups in total. The molecule has 43 heavy (non-hydrogen) atoms. The van der Waals surface area contributed by atoms with Gasteiger partial charge in [0.1, 0.15) is 5.75 Å². The minimum Gasteiger partial charge on any atom is -0.479 e. The van der Waals surface area contributed by atoms with E-state index in [9.17, 15) is 14.7 Å². The second-order valence-electron chi connectivity index (χ2n) is 12.3. The number of nitrogens with zero attached hydrogens (tertiary/aromatic N) is 1. The van der Waals surface area contributed by atoms with Gasteiger partial charge in [-0.25, -0.2) is 4.79 Å². The van der Waals surface area contributed by atoms with Gasteiger partial charge in [-0.3, -0.25) is 4.79 Å². The van der Waals surface area contributed by atoms with Gasteiger partial charge in [-0.15, -0.1) is 0 Å². The predicted molar refractivity (Wildman–Crippen MR) is 175 cm³/mol.